The van der Waals surface area contributed by atoms with Crippen LogP contribution in [-0.2, 0) is 9.53 Å². The third-order valence-electron chi connectivity index (χ3n) is 3.30. The Labute approximate surface area is 173 Å². The maximum absolute atomic E-state index is 12.2. The van der Waals surface area contributed by atoms with Crippen LogP contribution >= 0.6 is 46.4 Å². The highest BCUT2D eigenvalue weighted by Gasteiger charge is 2.26. The van der Waals surface area contributed by atoms with E-state index in [9.17, 15) is 19.7 Å². The summed E-state index contributed by atoms with van der Waals surface area (Å²) in [5.41, 5.74) is -0.708. The van der Waals surface area contributed by atoms with Crippen molar-refractivity contribution in [3.8, 4) is 0 Å². The third-order valence-corrected chi connectivity index (χ3v) is 4.57. The van der Waals surface area contributed by atoms with Gasteiger partial charge in [-0.3, -0.25) is 14.9 Å². The second kappa shape index (κ2) is 8.75. The first-order valence-corrected chi connectivity index (χ1v) is 8.71. The summed E-state index contributed by atoms with van der Waals surface area (Å²) in [5.74, 6) is -1.78. The molecule has 0 aliphatic heterocycles. The lowest BCUT2D eigenvalue weighted by Crippen LogP contribution is -2.30. The molecule has 0 heterocycles. The summed E-state index contributed by atoms with van der Waals surface area (Å²) in [7, 11) is 0. The highest BCUT2D eigenvalue weighted by Crippen LogP contribution is 2.32. The maximum atomic E-state index is 12.2. The van der Waals surface area contributed by atoms with Crippen molar-refractivity contribution in [3.05, 3.63) is 66.1 Å². The molecule has 27 heavy (non-hydrogen) atoms. The van der Waals surface area contributed by atoms with Crippen molar-refractivity contribution >= 4 is 69.7 Å². The molecule has 142 valence electrons. The zero-order valence-corrected chi connectivity index (χ0v) is 16.5. The number of carbonyl (C=O) groups excluding carboxylic acids is 2. The Morgan fingerprint density at radius 3 is 2.33 bits per heavy atom. The minimum atomic E-state index is -1.28. The van der Waals surface area contributed by atoms with Crippen LogP contribution in [0.5, 0.6) is 0 Å². The molecule has 0 spiro atoms. The van der Waals surface area contributed by atoms with Gasteiger partial charge in [0.15, 0.2) is 6.10 Å². The highest BCUT2D eigenvalue weighted by molar-refractivity contribution is 6.44. The molecule has 0 saturated heterocycles. The van der Waals surface area contributed by atoms with Gasteiger partial charge in [0.25, 0.3) is 11.6 Å². The molecule has 0 aromatic heterocycles. The van der Waals surface area contributed by atoms with E-state index in [0.29, 0.717) is 0 Å². The van der Waals surface area contributed by atoms with Crippen LogP contribution < -0.4 is 5.32 Å². The minimum Gasteiger partial charge on any atom is -0.449 e. The molecule has 0 saturated carbocycles. The number of esters is 1. The lowest BCUT2D eigenvalue weighted by molar-refractivity contribution is -0.385. The SMILES string of the molecule is CC(OC(=O)c1ccc(Cl)cc1[N+](=O)[O-])C(=O)Nc1cc(Cl)c(Cl)cc1Cl. The number of anilines is 1. The van der Waals surface area contributed by atoms with Crippen molar-refractivity contribution in [1.29, 1.82) is 0 Å². The van der Waals surface area contributed by atoms with Crippen molar-refractivity contribution in [2.24, 2.45) is 0 Å². The molecule has 0 aliphatic carbocycles. The highest BCUT2D eigenvalue weighted by atomic mass is 35.5. The van der Waals surface area contributed by atoms with Gasteiger partial charge in [0.05, 0.1) is 25.7 Å². The molecule has 1 unspecified atom stereocenters. The number of ether oxygens (including phenoxy) is 1. The number of carbonyl (C=O) groups is 2. The van der Waals surface area contributed by atoms with Crippen molar-refractivity contribution in [2.45, 2.75) is 13.0 Å². The van der Waals surface area contributed by atoms with Gasteiger partial charge in [-0.1, -0.05) is 46.4 Å². The third kappa shape index (κ3) is 5.23. The van der Waals surface area contributed by atoms with Gasteiger partial charge in [-0.2, -0.15) is 0 Å². The fraction of sp³-hybridized carbons (Fsp3) is 0.125. The van der Waals surface area contributed by atoms with Crippen LogP contribution in [0, 0.1) is 10.1 Å². The van der Waals surface area contributed by atoms with Gasteiger partial charge in [-0.15, -0.1) is 0 Å². The zero-order chi connectivity index (χ0) is 20.3. The maximum Gasteiger partial charge on any atom is 0.345 e. The van der Waals surface area contributed by atoms with Crippen LogP contribution in [0.3, 0.4) is 0 Å². The average molecular weight is 452 g/mol. The largest absolute Gasteiger partial charge is 0.449 e. The second-order valence-electron chi connectivity index (χ2n) is 5.20. The van der Waals surface area contributed by atoms with Gasteiger partial charge in [-0.25, -0.2) is 4.79 Å². The molecule has 2 rings (SSSR count). The number of nitrogens with zero attached hydrogens (tertiary/aromatic N) is 1. The molecular formula is C16H10Cl4N2O5. The minimum absolute atomic E-state index is 0.0818. The van der Waals surface area contributed by atoms with E-state index in [1.807, 2.05) is 0 Å². The van der Waals surface area contributed by atoms with Gasteiger partial charge in [0.2, 0.25) is 0 Å². The van der Waals surface area contributed by atoms with Crippen LogP contribution in [0.1, 0.15) is 17.3 Å². The van der Waals surface area contributed by atoms with Crippen LogP contribution in [0.4, 0.5) is 11.4 Å². The molecule has 0 radical (unpaired) electrons. The molecule has 0 bridgehead atoms. The molecule has 1 atom stereocenters. The average Bonchev–Trinajstić information content (AvgIpc) is 2.59. The lowest BCUT2D eigenvalue weighted by atomic mass is 10.2. The van der Waals surface area contributed by atoms with E-state index in [1.54, 1.807) is 0 Å². The summed E-state index contributed by atoms with van der Waals surface area (Å²) in [6.07, 6.45) is -1.28. The Kier molecular flexibility index (Phi) is 6.89. The van der Waals surface area contributed by atoms with Crippen LogP contribution in [-0.4, -0.2) is 22.9 Å². The van der Waals surface area contributed by atoms with E-state index in [1.165, 1.54) is 25.1 Å². The Hall–Kier alpha value is -2.06. The predicted molar refractivity (Wildman–Crippen MR) is 103 cm³/mol. The molecule has 2 aromatic rings. The fourth-order valence-electron chi connectivity index (χ4n) is 1.96. The molecule has 11 heteroatoms. The summed E-state index contributed by atoms with van der Waals surface area (Å²) >= 11 is 23.3. The number of halogens is 4. The van der Waals surface area contributed by atoms with E-state index in [0.717, 1.165) is 12.1 Å². The first kappa shape index (κ1) is 21.2. The smallest absolute Gasteiger partial charge is 0.345 e. The topological polar surface area (TPSA) is 98.5 Å². The molecule has 1 amide bonds. The van der Waals surface area contributed by atoms with Gasteiger partial charge < -0.3 is 10.1 Å². The van der Waals surface area contributed by atoms with Crippen LogP contribution in [0.15, 0.2) is 30.3 Å². The molecule has 1 N–H and O–H groups in total. The van der Waals surface area contributed by atoms with E-state index in [2.05, 4.69) is 5.32 Å². The lowest BCUT2D eigenvalue weighted by Gasteiger charge is -2.15. The zero-order valence-electron chi connectivity index (χ0n) is 13.5. The first-order chi connectivity index (χ1) is 12.6. The van der Waals surface area contributed by atoms with E-state index in [-0.39, 0.29) is 31.3 Å². The monoisotopic (exact) mass is 450 g/mol. The summed E-state index contributed by atoms with van der Waals surface area (Å²) in [5, 5.41) is 14.1. The number of hydrogen-bond acceptors (Lipinski definition) is 5. The molecule has 0 fully saturated rings. The molecular weight excluding hydrogens is 442 g/mol. The number of hydrogen-bond donors (Lipinski definition) is 1. The first-order valence-electron chi connectivity index (χ1n) is 7.20. The normalized spacial score (nSPS) is 11.6. The van der Waals surface area contributed by atoms with E-state index >= 15 is 0 Å². The Bertz CT molecular complexity index is 935. The van der Waals surface area contributed by atoms with Gasteiger partial charge >= 0.3 is 5.97 Å². The quantitative estimate of drug-likeness (QED) is 0.284. The standard InChI is InChI=1S/C16H10Cl4N2O5/c1-7(15(23)21-13-6-11(19)10(18)5-12(13)20)27-16(24)9-3-2-8(17)4-14(9)22(25)26/h2-7H,1H3,(H,21,23). The number of nitrogens with one attached hydrogen (secondary N) is 1. The molecule has 7 nitrogen and oxygen atoms in total. The summed E-state index contributed by atoms with van der Waals surface area (Å²) < 4.78 is 4.99. The number of amides is 1. The second-order valence-corrected chi connectivity index (χ2v) is 6.86. The van der Waals surface area contributed by atoms with E-state index < -0.39 is 28.6 Å². The van der Waals surface area contributed by atoms with Gasteiger partial charge in [-0.05, 0) is 31.2 Å². The number of benzene rings is 2. The summed E-state index contributed by atoms with van der Waals surface area (Å²) in [4.78, 5) is 34.7. The van der Waals surface area contributed by atoms with Gasteiger partial charge in [0.1, 0.15) is 5.56 Å². The van der Waals surface area contributed by atoms with Gasteiger partial charge in [0, 0.05) is 11.1 Å². The fourth-order valence-corrected chi connectivity index (χ4v) is 2.72. The summed E-state index contributed by atoms with van der Waals surface area (Å²) in [6, 6.07) is 6.13. The Morgan fingerprint density at radius 1 is 1.07 bits per heavy atom. The van der Waals surface area contributed by atoms with Crippen molar-refractivity contribution < 1.29 is 19.2 Å². The van der Waals surface area contributed by atoms with Crippen LogP contribution in [0.2, 0.25) is 20.1 Å². The van der Waals surface area contributed by atoms with Crippen LogP contribution in [0.25, 0.3) is 0 Å². The van der Waals surface area contributed by atoms with Crippen molar-refractivity contribution in [2.75, 3.05) is 5.32 Å². The number of nitro groups is 1. The molecule has 2 aromatic carbocycles. The molecule has 0 aliphatic rings. The Morgan fingerprint density at radius 2 is 1.70 bits per heavy atom. The van der Waals surface area contributed by atoms with Crippen molar-refractivity contribution in [3.63, 3.8) is 0 Å². The van der Waals surface area contributed by atoms with E-state index in [4.69, 9.17) is 51.1 Å². The summed E-state index contributed by atoms with van der Waals surface area (Å²) in [6.45, 7) is 1.29. The number of nitro benzene ring substituents is 1. The Balaban J connectivity index is 2.14. The predicted octanol–water partition coefficient (Wildman–Crippen LogP) is 5.39. The number of rotatable bonds is 5. The van der Waals surface area contributed by atoms with Crippen molar-refractivity contribution in [1.82, 2.24) is 0 Å².